The fourth-order valence-corrected chi connectivity index (χ4v) is 2.66. The van der Waals surface area contributed by atoms with Gasteiger partial charge in [-0.3, -0.25) is 19.2 Å². The summed E-state index contributed by atoms with van der Waals surface area (Å²) in [5.41, 5.74) is 10.9. The molecule has 0 heterocycles. The van der Waals surface area contributed by atoms with E-state index in [0.29, 0.717) is 6.42 Å². The van der Waals surface area contributed by atoms with E-state index in [4.69, 9.17) is 16.6 Å². The summed E-state index contributed by atoms with van der Waals surface area (Å²) in [6, 6.07) is -5.29. The van der Waals surface area contributed by atoms with E-state index < -0.39 is 66.3 Å². The average molecular weight is 450 g/mol. The highest BCUT2D eigenvalue weighted by molar-refractivity contribution is 7.80. The van der Waals surface area contributed by atoms with Gasteiger partial charge < -0.3 is 37.6 Å². The number of thiol groups is 1. The van der Waals surface area contributed by atoms with Gasteiger partial charge in [-0.1, -0.05) is 13.8 Å². The van der Waals surface area contributed by atoms with Crippen LogP contribution in [0.2, 0.25) is 0 Å². The lowest BCUT2D eigenvalue weighted by molar-refractivity contribution is -0.142. The molecule has 0 saturated carbocycles. The van der Waals surface area contributed by atoms with Crippen molar-refractivity contribution >= 4 is 42.2 Å². The van der Waals surface area contributed by atoms with Gasteiger partial charge in [0.15, 0.2) is 0 Å². The van der Waals surface area contributed by atoms with Crippen molar-refractivity contribution in [3.05, 3.63) is 0 Å². The minimum Gasteiger partial charge on any atom is -0.480 e. The summed E-state index contributed by atoms with van der Waals surface area (Å²) in [5.74, 6) is -5.02. The Hall–Kier alpha value is -2.38. The number of nitrogens with two attached hydrogens (primary N) is 2. The molecule has 5 atom stereocenters. The van der Waals surface area contributed by atoms with E-state index in [-0.39, 0.29) is 11.7 Å². The molecule has 0 bridgehead atoms. The molecule has 0 radical (unpaired) electrons. The number of amides is 4. The quantitative estimate of drug-likeness (QED) is 0.136. The van der Waals surface area contributed by atoms with Gasteiger partial charge >= 0.3 is 5.97 Å². The van der Waals surface area contributed by atoms with Crippen molar-refractivity contribution in [2.75, 3.05) is 5.75 Å². The first-order valence-electron chi connectivity index (χ1n) is 9.26. The van der Waals surface area contributed by atoms with Crippen molar-refractivity contribution in [2.45, 2.75) is 63.9 Å². The van der Waals surface area contributed by atoms with Crippen LogP contribution in [-0.4, -0.2) is 75.8 Å². The van der Waals surface area contributed by atoms with Crippen LogP contribution in [0.1, 0.15) is 33.6 Å². The number of carboxylic acids is 1. The number of aliphatic hydroxyl groups is 1. The van der Waals surface area contributed by atoms with Crippen LogP contribution in [0.4, 0.5) is 0 Å². The van der Waals surface area contributed by atoms with Gasteiger partial charge in [-0.05, 0) is 19.3 Å². The molecule has 0 aliphatic rings. The standard InChI is InChI=1S/C17H31N5O7S/c1-7(2)4-9(18)14(25)20-10(5-12(19)24)15(26)22-13(8(3)23)16(27)21-11(6-30)17(28)29/h7-11,13,23,30H,4-6,18H2,1-3H3,(H2,19,24)(H,20,25)(H,21,27)(H,22,26)(H,28,29). The molecule has 172 valence electrons. The predicted octanol–water partition coefficient (Wildman–Crippen LogP) is -2.92. The van der Waals surface area contributed by atoms with E-state index >= 15 is 0 Å². The minimum atomic E-state index is -1.56. The molecule has 30 heavy (non-hydrogen) atoms. The summed E-state index contributed by atoms with van der Waals surface area (Å²) in [6.07, 6.45) is -1.67. The molecule has 12 nitrogen and oxygen atoms in total. The van der Waals surface area contributed by atoms with Crippen molar-refractivity contribution in [3.8, 4) is 0 Å². The maximum Gasteiger partial charge on any atom is 0.327 e. The third-order valence-corrected chi connectivity index (χ3v) is 4.33. The second-order valence-corrected chi connectivity index (χ2v) is 7.64. The molecule has 9 N–H and O–H groups in total. The first kappa shape index (κ1) is 27.6. The topological polar surface area (TPSA) is 214 Å². The number of carbonyl (C=O) groups excluding carboxylic acids is 4. The van der Waals surface area contributed by atoms with Crippen LogP contribution in [0.5, 0.6) is 0 Å². The van der Waals surface area contributed by atoms with Crippen LogP contribution in [0.15, 0.2) is 0 Å². The molecule has 0 saturated heterocycles. The zero-order valence-electron chi connectivity index (χ0n) is 17.1. The Morgan fingerprint density at radius 3 is 1.87 bits per heavy atom. The number of carbonyl (C=O) groups is 5. The van der Waals surface area contributed by atoms with Crippen LogP contribution in [-0.2, 0) is 24.0 Å². The molecule has 0 aromatic carbocycles. The lowest BCUT2D eigenvalue weighted by Gasteiger charge is -2.26. The van der Waals surface area contributed by atoms with E-state index in [1.807, 2.05) is 13.8 Å². The minimum absolute atomic E-state index is 0.103. The molecule has 5 unspecified atom stereocenters. The highest BCUT2D eigenvalue weighted by atomic mass is 32.1. The first-order chi connectivity index (χ1) is 13.8. The Bertz CT molecular complexity index is 644. The number of aliphatic carboxylic acids is 1. The van der Waals surface area contributed by atoms with Gasteiger partial charge in [0.1, 0.15) is 18.1 Å². The molecular weight excluding hydrogens is 418 g/mol. The molecule has 0 aromatic heterocycles. The highest BCUT2D eigenvalue weighted by Gasteiger charge is 2.33. The number of hydrogen-bond acceptors (Lipinski definition) is 8. The summed E-state index contributed by atoms with van der Waals surface area (Å²) >= 11 is 3.81. The smallest absolute Gasteiger partial charge is 0.327 e. The zero-order chi connectivity index (χ0) is 23.6. The van der Waals surface area contributed by atoms with Crippen LogP contribution in [0.25, 0.3) is 0 Å². The number of nitrogens with one attached hydrogen (secondary N) is 3. The second-order valence-electron chi connectivity index (χ2n) is 7.28. The van der Waals surface area contributed by atoms with E-state index in [1.54, 1.807) is 0 Å². The van der Waals surface area contributed by atoms with Crippen LogP contribution < -0.4 is 27.4 Å². The average Bonchev–Trinajstić information content (AvgIpc) is 2.61. The molecular formula is C17H31N5O7S. The van der Waals surface area contributed by atoms with Crippen LogP contribution in [0, 0.1) is 5.92 Å². The van der Waals surface area contributed by atoms with E-state index in [9.17, 15) is 29.1 Å². The Morgan fingerprint density at radius 2 is 1.47 bits per heavy atom. The van der Waals surface area contributed by atoms with Crippen LogP contribution >= 0.6 is 12.6 Å². The second kappa shape index (κ2) is 13.0. The number of aliphatic hydroxyl groups excluding tert-OH is 1. The van der Waals surface area contributed by atoms with Gasteiger partial charge in [0.2, 0.25) is 23.6 Å². The maximum atomic E-state index is 12.6. The largest absolute Gasteiger partial charge is 0.480 e. The summed E-state index contributed by atoms with van der Waals surface area (Å²) < 4.78 is 0. The van der Waals surface area contributed by atoms with Gasteiger partial charge in [0.05, 0.1) is 18.6 Å². The molecule has 0 spiro atoms. The molecule has 0 aromatic rings. The number of rotatable bonds is 13. The first-order valence-corrected chi connectivity index (χ1v) is 9.90. The Kier molecular flexibility index (Phi) is 12.0. The van der Waals surface area contributed by atoms with E-state index in [2.05, 4.69) is 28.6 Å². The third kappa shape index (κ3) is 9.89. The molecule has 4 amide bonds. The van der Waals surface area contributed by atoms with Gasteiger partial charge in [-0.25, -0.2) is 4.79 Å². The molecule has 13 heteroatoms. The lowest BCUT2D eigenvalue weighted by atomic mass is 10.0. The monoisotopic (exact) mass is 449 g/mol. The van der Waals surface area contributed by atoms with Crippen molar-refractivity contribution in [3.63, 3.8) is 0 Å². The molecule has 0 fully saturated rings. The Labute approximate surface area is 179 Å². The Morgan fingerprint density at radius 1 is 0.933 bits per heavy atom. The van der Waals surface area contributed by atoms with Crippen molar-refractivity contribution < 1.29 is 34.2 Å². The van der Waals surface area contributed by atoms with E-state index in [0.717, 1.165) is 0 Å². The van der Waals surface area contributed by atoms with Crippen molar-refractivity contribution in [1.29, 1.82) is 0 Å². The van der Waals surface area contributed by atoms with Crippen molar-refractivity contribution in [1.82, 2.24) is 16.0 Å². The maximum absolute atomic E-state index is 12.6. The number of hydrogen-bond donors (Lipinski definition) is 8. The summed E-state index contributed by atoms with van der Waals surface area (Å²) in [5, 5.41) is 25.5. The predicted molar refractivity (Wildman–Crippen MR) is 110 cm³/mol. The zero-order valence-corrected chi connectivity index (χ0v) is 18.0. The normalized spacial score (nSPS) is 16.0. The highest BCUT2D eigenvalue weighted by Crippen LogP contribution is 2.04. The SMILES string of the molecule is CC(C)CC(N)C(=O)NC(CC(N)=O)C(=O)NC(C(=O)NC(CS)C(=O)O)C(C)O. The summed E-state index contributed by atoms with van der Waals surface area (Å²) in [4.78, 5) is 59.5. The van der Waals surface area contributed by atoms with Crippen LogP contribution in [0.3, 0.4) is 0 Å². The fourth-order valence-electron chi connectivity index (χ4n) is 2.41. The molecule has 0 aliphatic heterocycles. The summed E-state index contributed by atoms with van der Waals surface area (Å²) in [6.45, 7) is 4.89. The fraction of sp³-hybridized carbons (Fsp3) is 0.706. The molecule has 0 aliphatic carbocycles. The number of carboxylic acid groups (broad SMARTS) is 1. The summed E-state index contributed by atoms with van der Waals surface area (Å²) in [7, 11) is 0. The van der Waals surface area contributed by atoms with Gasteiger partial charge in [0.25, 0.3) is 0 Å². The number of primary amides is 1. The Balaban J connectivity index is 5.36. The third-order valence-electron chi connectivity index (χ3n) is 3.96. The van der Waals surface area contributed by atoms with Gasteiger partial charge in [-0.15, -0.1) is 0 Å². The lowest BCUT2D eigenvalue weighted by Crippen LogP contribution is -2.60. The van der Waals surface area contributed by atoms with Gasteiger partial charge in [-0.2, -0.15) is 12.6 Å². The van der Waals surface area contributed by atoms with E-state index in [1.165, 1.54) is 6.92 Å². The van der Waals surface area contributed by atoms with Crippen molar-refractivity contribution in [2.24, 2.45) is 17.4 Å². The van der Waals surface area contributed by atoms with Gasteiger partial charge in [0, 0.05) is 5.75 Å². The molecule has 0 rings (SSSR count).